The molecule has 0 heterocycles. The Bertz CT molecular complexity index is 398. The molecule has 0 fully saturated rings. The normalized spacial score (nSPS) is 9.25. The van der Waals surface area contributed by atoms with Gasteiger partial charge in [0.05, 0.1) is 17.9 Å². The largest absolute Gasteiger partial charge is 0.471 e. The number of benzene rings is 1. The maximum Gasteiger partial charge on any atom is 0.261 e. The molecule has 0 unspecified atom stereocenters. The molecule has 0 amide bonds. The predicted molar refractivity (Wildman–Crippen MR) is 68.2 cm³/mol. The second kappa shape index (κ2) is 6.81. The molecule has 0 spiro atoms. The second-order valence-corrected chi connectivity index (χ2v) is 3.64. The summed E-state index contributed by atoms with van der Waals surface area (Å²) in [6.45, 7) is 2.70. The van der Waals surface area contributed by atoms with Gasteiger partial charge in [-0.15, -0.1) is 0 Å². The van der Waals surface area contributed by atoms with Crippen molar-refractivity contribution in [1.82, 2.24) is 0 Å². The van der Waals surface area contributed by atoms with Gasteiger partial charge in [-0.2, -0.15) is 5.26 Å². The lowest BCUT2D eigenvalue weighted by molar-refractivity contribution is 0.304. The standard InChI is InChI=1S/C12H14N2OS/c1-2-3-8-15-12(16)14-11-7-5-4-6-10(11)9-13/h4-7H,2-3,8H2,1H3,(H,14,16). The average Bonchev–Trinajstić information content (AvgIpc) is 2.30. The number of nitriles is 1. The minimum Gasteiger partial charge on any atom is -0.471 e. The molecular formula is C12H14N2OS. The Kier molecular flexibility index (Phi) is 5.30. The van der Waals surface area contributed by atoms with Crippen molar-refractivity contribution < 1.29 is 4.74 Å². The van der Waals surface area contributed by atoms with Gasteiger partial charge >= 0.3 is 0 Å². The van der Waals surface area contributed by atoms with Crippen molar-refractivity contribution in [2.45, 2.75) is 19.8 Å². The topological polar surface area (TPSA) is 45.0 Å². The second-order valence-electron chi connectivity index (χ2n) is 3.27. The minimum absolute atomic E-state index is 0.316. The van der Waals surface area contributed by atoms with Gasteiger partial charge in [0.15, 0.2) is 0 Å². The fourth-order valence-electron chi connectivity index (χ4n) is 1.14. The Morgan fingerprint density at radius 1 is 1.50 bits per heavy atom. The molecule has 0 saturated heterocycles. The zero-order chi connectivity index (χ0) is 11.8. The molecule has 1 aromatic rings. The van der Waals surface area contributed by atoms with Gasteiger partial charge in [-0.25, -0.2) is 0 Å². The summed E-state index contributed by atoms with van der Waals surface area (Å²) < 4.78 is 5.30. The zero-order valence-electron chi connectivity index (χ0n) is 9.19. The summed E-state index contributed by atoms with van der Waals surface area (Å²) >= 11 is 5.01. The number of para-hydroxylation sites is 1. The first-order valence-corrected chi connectivity index (χ1v) is 5.61. The SMILES string of the molecule is CCCCOC(=S)Nc1ccccc1C#N. The molecule has 1 N–H and O–H groups in total. The van der Waals surface area contributed by atoms with Crippen LogP contribution in [-0.2, 0) is 4.74 Å². The number of nitrogens with zero attached hydrogens (tertiary/aromatic N) is 1. The van der Waals surface area contributed by atoms with Crippen LogP contribution < -0.4 is 5.32 Å². The highest BCUT2D eigenvalue weighted by molar-refractivity contribution is 7.80. The molecule has 0 aliphatic rings. The van der Waals surface area contributed by atoms with Crippen molar-refractivity contribution in [3.8, 4) is 6.07 Å². The molecule has 4 heteroatoms. The van der Waals surface area contributed by atoms with Crippen molar-refractivity contribution in [2.75, 3.05) is 11.9 Å². The van der Waals surface area contributed by atoms with E-state index in [4.69, 9.17) is 22.2 Å². The fourth-order valence-corrected chi connectivity index (χ4v) is 1.34. The van der Waals surface area contributed by atoms with Crippen LogP contribution >= 0.6 is 12.2 Å². The van der Waals surface area contributed by atoms with Crippen LogP contribution in [-0.4, -0.2) is 11.8 Å². The number of unbranched alkanes of at least 4 members (excludes halogenated alkanes) is 1. The quantitative estimate of drug-likeness (QED) is 0.642. The van der Waals surface area contributed by atoms with Gasteiger partial charge < -0.3 is 10.1 Å². The van der Waals surface area contributed by atoms with Gasteiger partial charge in [-0.1, -0.05) is 25.5 Å². The third-order valence-electron chi connectivity index (χ3n) is 2.02. The maximum absolute atomic E-state index is 8.87. The van der Waals surface area contributed by atoms with Crippen LogP contribution in [0.3, 0.4) is 0 Å². The van der Waals surface area contributed by atoms with E-state index in [1.54, 1.807) is 12.1 Å². The number of thiocarbonyl (C=S) groups is 1. The molecule has 0 bridgehead atoms. The smallest absolute Gasteiger partial charge is 0.261 e. The predicted octanol–water partition coefficient (Wildman–Crippen LogP) is 3.07. The molecule has 0 aliphatic carbocycles. The number of ether oxygens (including phenoxy) is 1. The Morgan fingerprint density at radius 3 is 2.94 bits per heavy atom. The highest BCUT2D eigenvalue weighted by atomic mass is 32.1. The summed E-state index contributed by atoms with van der Waals surface area (Å²) in [6, 6.07) is 9.28. The van der Waals surface area contributed by atoms with Gasteiger partial charge in [0.1, 0.15) is 6.07 Å². The lowest BCUT2D eigenvalue weighted by atomic mass is 10.2. The van der Waals surface area contributed by atoms with Crippen LogP contribution in [0.5, 0.6) is 0 Å². The van der Waals surface area contributed by atoms with Crippen molar-refractivity contribution in [2.24, 2.45) is 0 Å². The van der Waals surface area contributed by atoms with Crippen molar-refractivity contribution in [3.05, 3.63) is 29.8 Å². The van der Waals surface area contributed by atoms with Crippen molar-refractivity contribution >= 4 is 23.1 Å². The molecular weight excluding hydrogens is 220 g/mol. The van der Waals surface area contributed by atoms with Crippen LogP contribution in [0.2, 0.25) is 0 Å². The zero-order valence-corrected chi connectivity index (χ0v) is 10.0. The van der Waals surface area contributed by atoms with Gasteiger partial charge in [0.25, 0.3) is 5.17 Å². The van der Waals surface area contributed by atoms with E-state index in [9.17, 15) is 0 Å². The van der Waals surface area contributed by atoms with E-state index in [2.05, 4.69) is 18.3 Å². The van der Waals surface area contributed by atoms with E-state index in [1.807, 2.05) is 12.1 Å². The van der Waals surface area contributed by atoms with Gasteiger partial charge in [-0.05, 0) is 30.8 Å². The Hall–Kier alpha value is -1.60. The number of hydrogen-bond acceptors (Lipinski definition) is 3. The first-order valence-electron chi connectivity index (χ1n) is 5.20. The molecule has 84 valence electrons. The number of hydrogen-bond donors (Lipinski definition) is 1. The summed E-state index contributed by atoms with van der Waals surface area (Å²) in [7, 11) is 0. The fraction of sp³-hybridized carbons (Fsp3) is 0.333. The van der Waals surface area contributed by atoms with E-state index < -0.39 is 0 Å². The van der Waals surface area contributed by atoms with Crippen LogP contribution in [0.1, 0.15) is 25.3 Å². The molecule has 0 radical (unpaired) electrons. The summed E-state index contributed by atoms with van der Waals surface area (Å²) in [5, 5.41) is 12.1. The lowest BCUT2D eigenvalue weighted by Crippen LogP contribution is -2.14. The van der Waals surface area contributed by atoms with E-state index in [0.29, 0.717) is 23.0 Å². The molecule has 0 aromatic heterocycles. The van der Waals surface area contributed by atoms with E-state index in [1.165, 1.54) is 0 Å². The van der Waals surface area contributed by atoms with E-state index in [-0.39, 0.29) is 0 Å². The molecule has 3 nitrogen and oxygen atoms in total. The lowest BCUT2D eigenvalue weighted by Gasteiger charge is -2.10. The van der Waals surface area contributed by atoms with Crippen LogP contribution in [0.4, 0.5) is 5.69 Å². The van der Waals surface area contributed by atoms with E-state index in [0.717, 1.165) is 12.8 Å². The molecule has 1 rings (SSSR count). The summed E-state index contributed by atoms with van der Waals surface area (Å²) in [5.41, 5.74) is 1.25. The van der Waals surface area contributed by atoms with Crippen molar-refractivity contribution in [1.29, 1.82) is 5.26 Å². The molecule has 0 saturated carbocycles. The number of rotatable bonds is 4. The van der Waals surface area contributed by atoms with Gasteiger partial charge in [0.2, 0.25) is 0 Å². The van der Waals surface area contributed by atoms with E-state index >= 15 is 0 Å². The Balaban J connectivity index is 2.53. The minimum atomic E-state index is 0.316. The highest BCUT2D eigenvalue weighted by Crippen LogP contribution is 2.13. The first kappa shape index (κ1) is 12.5. The average molecular weight is 234 g/mol. The summed E-state index contributed by atoms with van der Waals surface area (Å²) in [4.78, 5) is 0. The van der Waals surface area contributed by atoms with Gasteiger partial charge in [-0.3, -0.25) is 0 Å². The Labute approximate surface area is 101 Å². The highest BCUT2D eigenvalue weighted by Gasteiger charge is 2.03. The van der Waals surface area contributed by atoms with Crippen LogP contribution in [0.25, 0.3) is 0 Å². The Morgan fingerprint density at radius 2 is 2.25 bits per heavy atom. The molecule has 1 aromatic carbocycles. The monoisotopic (exact) mass is 234 g/mol. The maximum atomic E-state index is 8.87. The van der Waals surface area contributed by atoms with Gasteiger partial charge in [0, 0.05) is 0 Å². The third kappa shape index (κ3) is 3.87. The summed E-state index contributed by atoms with van der Waals surface area (Å²) in [5.74, 6) is 0. The number of anilines is 1. The number of nitrogens with one attached hydrogen (secondary N) is 1. The first-order chi connectivity index (χ1) is 7.77. The molecule has 0 atom stereocenters. The molecule has 0 aliphatic heterocycles. The van der Waals surface area contributed by atoms with Crippen molar-refractivity contribution in [3.63, 3.8) is 0 Å². The van der Waals surface area contributed by atoms with Crippen LogP contribution in [0.15, 0.2) is 24.3 Å². The third-order valence-corrected chi connectivity index (χ3v) is 2.24. The molecule has 16 heavy (non-hydrogen) atoms. The van der Waals surface area contributed by atoms with Crippen LogP contribution in [0, 0.1) is 11.3 Å². The summed E-state index contributed by atoms with van der Waals surface area (Å²) in [6.07, 6.45) is 2.04.